The Hall–Kier alpha value is -2.03. The van der Waals surface area contributed by atoms with Gasteiger partial charge in [-0.05, 0) is 51.4 Å². The average Bonchev–Trinajstić information content (AvgIpc) is 3.17. The second kappa shape index (κ2) is 40.4. The number of carbonyl (C=O) groups is 2. The highest BCUT2D eigenvalue weighted by molar-refractivity contribution is 7.47. The molecule has 58 heavy (non-hydrogen) atoms. The van der Waals surface area contributed by atoms with Crippen LogP contribution in [0.5, 0.6) is 0 Å². The number of ether oxygens (including phenoxy) is 2. The highest BCUT2D eigenvalue weighted by Crippen LogP contribution is 2.43. The van der Waals surface area contributed by atoms with E-state index in [-0.39, 0.29) is 32.0 Å². The van der Waals surface area contributed by atoms with E-state index in [0.29, 0.717) is 17.4 Å². The Morgan fingerprint density at radius 2 is 0.983 bits per heavy atom. The highest BCUT2D eigenvalue weighted by Gasteiger charge is 2.27. The minimum Gasteiger partial charge on any atom is -0.462 e. The molecule has 0 aromatic rings. The van der Waals surface area contributed by atoms with Gasteiger partial charge in [-0.1, -0.05) is 178 Å². The Morgan fingerprint density at radius 1 is 0.552 bits per heavy atom. The molecule has 0 aliphatic rings. The fourth-order valence-electron chi connectivity index (χ4n) is 6.24. The van der Waals surface area contributed by atoms with Crippen LogP contribution in [0.3, 0.4) is 0 Å². The van der Waals surface area contributed by atoms with E-state index in [2.05, 4.69) is 62.5 Å². The molecule has 2 unspecified atom stereocenters. The van der Waals surface area contributed by atoms with Crippen molar-refractivity contribution in [1.29, 1.82) is 0 Å². The molecular formula is C48H89NO8P+. The molecule has 338 valence electrons. The van der Waals surface area contributed by atoms with E-state index in [9.17, 15) is 19.0 Å². The number of rotatable bonds is 42. The minimum absolute atomic E-state index is 0.0319. The van der Waals surface area contributed by atoms with Crippen LogP contribution in [0, 0.1) is 0 Å². The lowest BCUT2D eigenvalue weighted by Crippen LogP contribution is -2.37. The van der Waals surface area contributed by atoms with Crippen molar-refractivity contribution in [2.45, 2.75) is 200 Å². The second-order valence-corrected chi connectivity index (χ2v) is 18.2. The van der Waals surface area contributed by atoms with Crippen molar-refractivity contribution < 1.29 is 42.1 Å². The summed E-state index contributed by atoms with van der Waals surface area (Å²) >= 11 is 0. The van der Waals surface area contributed by atoms with Gasteiger partial charge in [0.1, 0.15) is 19.8 Å². The number of phosphoric acid groups is 1. The first kappa shape index (κ1) is 56.0. The molecule has 0 fully saturated rings. The molecule has 10 heteroatoms. The average molecular weight is 839 g/mol. The van der Waals surface area contributed by atoms with E-state index in [4.69, 9.17) is 18.5 Å². The highest BCUT2D eigenvalue weighted by atomic mass is 31.2. The molecule has 0 aliphatic heterocycles. The summed E-state index contributed by atoms with van der Waals surface area (Å²) in [7, 11) is 1.48. The van der Waals surface area contributed by atoms with Gasteiger partial charge >= 0.3 is 19.8 Å². The van der Waals surface area contributed by atoms with Gasteiger partial charge in [0, 0.05) is 12.8 Å². The van der Waals surface area contributed by atoms with Crippen LogP contribution in [0.25, 0.3) is 0 Å². The van der Waals surface area contributed by atoms with E-state index < -0.39 is 26.5 Å². The predicted octanol–water partition coefficient (Wildman–Crippen LogP) is 13.5. The Balaban J connectivity index is 4.07. The molecule has 0 radical (unpaired) electrons. The van der Waals surface area contributed by atoms with Crippen LogP contribution in [0.1, 0.15) is 194 Å². The smallest absolute Gasteiger partial charge is 0.462 e. The summed E-state index contributed by atoms with van der Waals surface area (Å²) in [5.41, 5.74) is 0. The standard InChI is InChI=1S/C48H88NO8P/c1-6-8-10-12-14-15-16-17-18-19-20-21-22-23-24-25-26-27-28-29-30-31-32-33-35-37-39-41-48(51)57-46(45-56-58(52,53)55-43-42-49(3,4)5)44-54-47(50)40-38-36-34-13-11-9-7-2/h8,10,14-15,17-18,20-21,46H,6-7,9,11-13,16,19,22-45H2,1-5H3/p+1/b10-8-,15-14-,18-17-,21-20-. The van der Waals surface area contributed by atoms with Crippen LogP contribution >= 0.6 is 7.82 Å². The van der Waals surface area contributed by atoms with Gasteiger partial charge in [-0.25, -0.2) is 4.57 Å². The lowest BCUT2D eigenvalue weighted by molar-refractivity contribution is -0.870. The molecule has 0 aromatic carbocycles. The fourth-order valence-corrected chi connectivity index (χ4v) is 6.98. The van der Waals surface area contributed by atoms with E-state index in [1.54, 1.807) is 0 Å². The van der Waals surface area contributed by atoms with E-state index in [0.717, 1.165) is 57.8 Å². The van der Waals surface area contributed by atoms with Gasteiger partial charge in [0.25, 0.3) is 0 Å². The Bertz CT molecular complexity index is 1130. The zero-order valence-electron chi connectivity index (χ0n) is 38.0. The van der Waals surface area contributed by atoms with Crippen molar-refractivity contribution >= 4 is 19.8 Å². The monoisotopic (exact) mass is 839 g/mol. The zero-order chi connectivity index (χ0) is 42.8. The summed E-state index contributed by atoms with van der Waals surface area (Å²) in [6.45, 7) is 4.26. The van der Waals surface area contributed by atoms with Gasteiger partial charge in [-0.3, -0.25) is 18.6 Å². The van der Waals surface area contributed by atoms with E-state index in [1.165, 1.54) is 103 Å². The lowest BCUT2D eigenvalue weighted by atomic mass is 10.0. The SMILES string of the molecule is CC/C=C\C/C=C\C/C=C\C/C=C\CCCCCCCCCCCCCCCCC(=O)OC(COC(=O)CCCCCCCCC)COP(=O)(O)OCC[N+](C)(C)C. The predicted molar refractivity (Wildman–Crippen MR) is 243 cm³/mol. The van der Waals surface area contributed by atoms with Gasteiger partial charge in [0.05, 0.1) is 27.7 Å². The van der Waals surface area contributed by atoms with Crippen molar-refractivity contribution in [2.24, 2.45) is 0 Å². The van der Waals surface area contributed by atoms with Crippen LogP contribution in [0.2, 0.25) is 0 Å². The van der Waals surface area contributed by atoms with Gasteiger partial charge in [-0.2, -0.15) is 0 Å². The van der Waals surface area contributed by atoms with Crippen LogP contribution < -0.4 is 0 Å². The third-order valence-corrected chi connectivity index (χ3v) is 10.9. The number of nitrogens with zero attached hydrogens (tertiary/aromatic N) is 1. The Morgan fingerprint density at radius 3 is 1.47 bits per heavy atom. The van der Waals surface area contributed by atoms with Gasteiger partial charge < -0.3 is 18.9 Å². The van der Waals surface area contributed by atoms with Gasteiger partial charge in [-0.15, -0.1) is 0 Å². The van der Waals surface area contributed by atoms with Crippen molar-refractivity contribution in [3.8, 4) is 0 Å². The maximum atomic E-state index is 12.7. The molecular weight excluding hydrogens is 750 g/mol. The first-order valence-corrected chi connectivity index (χ1v) is 24.9. The van der Waals surface area contributed by atoms with Gasteiger partial charge in [0.2, 0.25) is 0 Å². The molecule has 1 N–H and O–H groups in total. The first-order chi connectivity index (χ1) is 28.0. The summed E-state index contributed by atoms with van der Waals surface area (Å²) in [6, 6.07) is 0. The molecule has 0 amide bonds. The van der Waals surface area contributed by atoms with Crippen LogP contribution in [-0.4, -0.2) is 74.9 Å². The molecule has 0 aliphatic carbocycles. The number of hydrogen-bond donors (Lipinski definition) is 1. The van der Waals surface area contributed by atoms with Crippen LogP contribution in [0.15, 0.2) is 48.6 Å². The number of allylic oxidation sites excluding steroid dienone is 8. The number of esters is 2. The van der Waals surface area contributed by atoms with Crippen molar-refractivity contribution in [3.05, 3.63) is 48.6 Å². The number of phosphoric ester groups is 1. The van der Waals surface area contributed by atoms with E-state index in [1.807, 2.05) is 21.1 Å². The number of unbranched alkanes of at least 4 members (excludes halogenated alkanes) is 20. The molecule has 9 nitrogen and oxygen atoms in total. The second-order valence-electron chi connectivity index (χ2n) is 16.8. The molecule has 0 aromatic heterocycles. The number of carbonyl (C=O) groups excluding carboxylic acids is 2. The number of quaternary nitrogens is 1. The van der Waals surface area contributed by atoms with Crippen molar-refractivity contribution in [2.75, 3.05) is 47.5 Å². The normalized spacial score (nSPS) is 14.0. The molecule has 0 heterocycles. The quantitative estimate of drug-likeness (QED) is 0.0213. The molecule has 2 atom stereocenters. The van der Waals surface area contributed by atoms with E-state index >= 15 is 0 Å². The molecule has 0 rings (SSSR count). The fraction of sp³-hybridized carbons (Fsp3) is 0.792. The third kappa shape index (κ3) is 43.5. The Labute approximate surface area is 356 Å². The Kier molecular flexibility index (Phi) is 39.0. The summed E-state index contributed by atoms with van der Waals surface area (Å²) < 4.78 is 34.2. The molecule has 0 saturated carbocycles. The van der Waals surface area contributed by atoms with Crippen LogP contribution in [-0.2, 0) is 32.7 Å². The molecule has 0 bridgehead atoms. The van der Waals surface area contributed by atoms with Gasteiger partial charge in [0.15, 0.2) is 6.10 Å². The maximum Gasteiger partial charge on any atom is 0.472 e. The lowest BCUT2D eigenvalue weighted by Gasteiger charge is -2.24. The minimum atomic E-state index is -4.37. The summed E-state index contributed by atoms with van der Waals surface area (Å²) in [4.78, 5) is 35.2. The van der Waals surface area contributed by atoms with Crippen molar-refractivity contribution in [1.82, 2.24) is 0 Å². The topological polar surface area (TPSA) is 108 Å². The summed E-state index contributed by atoms with van der Waals surface area (Å²) in [6.07, 6.45) is 47.6. The van der Waals surface area contributed by atoms with Crippen molar-refractivity contribution in [3.63, 3.8) is 0 Å². The summed E-state index contributed by atoms with van der Waals surface area (Å²) in [5, 5.41) is 0. The zero-order valence-corrected chi connectivity index (χ0v) is 38.9. The molecule has 0 saturated heterocycles. The number of hydrogen-bond acceptors (Lipinski definition) is 7. The summed E-state index contributed by atoms with van der Waals surface area (Å²) in [5.74, 6) is -0.804. The van der Waals surface area contributed by atoms with Crippen LogP contribution in [0.4, 0.5) is 0 Å². The molecule has 0 spiro atoms. The third-order valence-electron chi connectivity index (χ3n) is 9.87. The number of likely N-dealkylation sites (N-methyl/N-ethyl adjacent to an activating group) is 1. The first-order valence-electron chi connectivity index (χ1n) is 23.4. The largest absolute Gasteiger partial charge is 0.472 e. The maximum absolute atomic E-state index is 12.7.